The highest BCUT2D eigenvalue weighted by molar-refractivity contribution is 7.88. The molecule has 12 rings (SSSR count). The molecule has 12 aliphatic rings. The average molecular weight is 1050 g/mol. The summed E-state index contributed by atoms with van der Waals surface area (Å²) < 4.78 is 66.4. The molecule has 0 radical (unpaired) electrons. The SMILES string of the molecule is C1CCN(P(=N[P+](N=P(N2CCCC2)(N2CCCC2)N2CCCC2)(N=P(N2CCCC2)(N2CCCC2)N2CCCC2)N=P(N2CCCC2)(N2CCCC2)N2CCCC2)(N2CCCC2)N2CCCC2)C1. The largest absolute Gasteiger partial charge is 0.502 e. The lowest BCUT2D eigenvalue weighted by molar-refractivity contribution is 0.382. The fourth-order valence-corrected chi connectivity index (χ4v) is 42.7. The van der Waals surface area contributed by atoms with Gasteiger partial charge in [0.25, 0.3) is 0 Å². The summed E-state index contributed by atoms with van der Waals surface area (Å²) in [7, 11) is -13.5. The molecule has 0 spiro atoms. The van der Waals surface area contributed by atoms with Crippen LogP contribution < -0.4 is 0 Å². The van der Waals surface area contributed by atoms with E-state index in [-0.39, 0.29) is 0 Å². The third-order valence-electron chi connectivity index (χ3n) is 18.5. The van der Waals surface area contributed by atoms with Crippen molar-refractivity contribution in [3.05, 3.63) is 0 Å². The second-order valence-corrected chi connectivity index (χ2v) is 38.0. The molecule has 392 valence electrons. The Morgan fingerprint density at radius 2 is 0.246 bits per heavy atom. The lowest BCUT2D eigenvalue weighted by Crippen LogP contribution is -2.40. The Kier molecular flexibility index (Phi) is 16.5. The first-order valence-electron chi connectivity index (χ1n) is 29.6. The summed E-state index contributed by atoms with van der Waals surface area (Å²) in [6.07, 6.45) is 31.0. The van der Waals surface area contributed by atoms with E-state index in [0.717, 1.165) is 0 Å². The molecule has 0 aliphatic carbocycles. The maximum Gasteiger partial charge on any atom is 0.502 e. The molecule has 0 aromatic carbocycles. The molecule has 69 heavy (non-hydrogen) atoms. The number of hydrogen-bond donors (Lipinski definition) is 0. The second-order valence-electron chi connectivity index (χ2n) is 23.0. The van der Waals surface area contributed by atoms with E-state index >= 15 is 0 Å². The molecular formula is C48H96N16P5+. The lowest BCUT2D eigenvalue weighted by atomic mass is 10.4. The van der Waals surface area contributed by atoms with E-state index in [4.69, 9.17) is 18.1 Å². The van der Waals surface area contributed by atoms with Crippen molar-refractivity contribution in [1.29, 1.82) is 0 Å². The van der Waals surface area contributed by atoms with E-state index < -0.39 is 37.9 Å². The standard InChI is InChI=1S/C48H96N16P5/c1-2-26-53(25-1)66(54-27-3-4-28-54,55-29-5-6-30-55)49-65(50-67(56-31-7-8-32-56,57-33-9-10-34-57)58-35-11-12-36-58,51-68(59-37-13-14-38-59,60-39-15-16-40-60)61-41-17-18-42-61)52-69(62-43-19-20-44-62,63-45-21-22-46-63)64-47-23-24-48-64/h1-48H2/q+1. The quantitative estimate of drug-likeness (QED) is 0.138. The topological polar surface area (TPSA) is 88.3 Å². The summed E-state index contributed by atoms with van der Waals surface area (Å²) >= 11 is 0. The van der Waals surface area contributed by atoms with Crippen LogP contribution in [0.3, 0.4) is 0 Å². The molecule has 0 bridgehead atoms. The van der Waals surface area contributed by atoms with Gasteiger partial charge in [0.2, 0.25) is 30.0 Å². The van der Waals surface area contributed by atoms with Crippen molar-refractivity contribution in [3.8, 4) is 0 Å². The minimum absolute atomic E-state index is 1.17. The molecule has 16 nitrogen and oxygen atoms in total. The van der Waals surface area contributed by atoms with Crippen molar-refractivity contribution in [1.82, 2.24) is 56.0 Å². The number of nitrogens with zero attached hydrogens (tertiary/aromatic N) is 16. The van der Waals surface area contributed by atoms with Gasteiger partial charge in [0.15, 0.2) is 0 Å². The van der Waals surface area contributed by atoms with Crippen LogP contribution >= 0.6 is 37.9 Å². The smallest absolute Gasteiger partial charge is 0.243 e. The maximum absolute atomic E-state index is 7.43. The van der Waals surface area contributed by atoms with Crippen molar-refractivity contribution in [2.75, 3.05) is 157 Å². The van der Waals surface area contributed by atoms with Crippen LogP contribution in [0.5, 0.6) is 0 Å². The summed E-state index contributed by atoms with van der Waals surface area (Å²) in [6.45, 7) is 28.1. The van der Waals surface area contributed by atoms with E-state index in [1.807, 2.05) is 0 Å². The third-order valence-corrected chi connectivity index (χ3v) is 40.1. The highest BCUT2D eigenvalue weighted by Gasteiger charge is 2.63. The summed E-state index contributed by atoms with van der Waals surface area (Å²) in [5.74, 6) is 0. The van der Waals surface area contributed by atoms with Crippen LogP contribution in [0.25, 0.3) is 0 Å². The molecule has 0 atom stereocenters. The van der Waals surface area contributed by atoms with Crippen LogP contribution in [0.2, 0.25) is 0 Å². The minimum Gasteiger partial charge on any atom is -0.243 e. The van der Waals surface area contributed by atoms with Crippen molar-refractivity contribution in [3.63, 3.8) is 0 Å². The van der Waals surface area contributed by atoms with E-state index in [9.17, 15) is 0 Å². The second kappa shape index (κ2) is 22.5. The molecule has 0 saturated carbocycles. The Labute approximate surface area is 421 Å². The summed E-state index contributed by atoms with van der Waals surface area (Å²) in [4.78, 5) is 0. The Bertz CT molecular complexity index is 1470. The fourth-order valence-electron chi connectivity index (χ4n) is 15.2. The first-order valence-corrected chi connectivity index (χ1v) is 37.6. The molecule has 0 aromatic rings. The Hall–Kier alpha value is 0.870. The molecule has 21 heteroatoms. The molecule has 12 aliphatic heterocycles. The van der Waals surface area contributed by atoms with Gasteiger partial charge < -0.3 is 0 Å². The zero-order valence-electron chi connectivity index (χ0n) is 43.3. The number of hydrogen-bond acceptors (Lipinski definition) is 4. The predicted molar refractivity (Wildman–Crippen MR) is 294 cm³/mol. The predicted octanol–water partition coefficient (Wildman–Crippen LogP) is 11.6. The lowest BCUT2D eigenvalue weighted by Gasteiger charge is -2.48. The summed E-state index contributed by atoms with van der Waals surface area (Å²) in [6, 6.07) is 0. The highest BCUT2D eigenvalue weighted by Crippen LogP contribution is 2.89. The molecule has 0 unspecified atom stereocenters. The van der Waals surface area contributed by atoms with Gasteiger partial charge in [-0.25, -0.2) is 56.0 Å². The summed E-state index contributed by atoms with van der Waals surface area (Å²) in [5, 5.41) is 0. The van der Waals surface area contributed by atoms with E-state index in [0.29, 0.717) is 0 Å². The van der Waals surface area contributed by atoms with Crippen LogP contribution in [-0.2, 0) is 0 Å². The zero-order chi connectivity index (χ0) is 46.2. The van der Waals surface area contributed by atoms with Crippen LogP contribution in [0.4, 0.5) is 0 Å². The van der Waals surface area contributed by atoms with Gasteiger partial charge >= 0.3 is 7.87 Å². The third kappa shape index (κ3) is 9.41. The van der Waals surface area contributed by atoms with Gasteiger partial charge in [-0.2, -0.15) is 0 Å². The van der Waals surface area contributed by atoms with Gasteiger partial charge in [0, 0.05) is 157 Å². The molecule has 0 N–H and O–H groups in total. The normalized spacial score (nSPS) is 30.0. The van der Waals surface area contributed by atoms with Gasteiger partial charge in [-0.15, -0.1) is 0 Å². The van der Waals surface area contributed by atoms with Crippen LogP contribution in [0.1, 0.15) is 154 Å². The Morgan fingerprint density at radius 3 is 0.333 bits per heavy atom. The Morgan fingerprint density at radius 1 is 0.159 bits per heavy atom. The molecular weight excluding hydrogens is 956 g/mol. The minimum atomic E-state index is -3.41. The van der Waals surface area contributed by atoms with E-state index in [1.54, 1.807) is 0 Å². The molecule has 0 amide bonds. The van der Waals surface area contributed by atoms with Gasteiger partial charge in [-0.05, 0) is 172 Å². The van der Waals surface area contributed by atoms with Crippen LogP contribution in [0, 0.1) is 0 Å². The maximum atomic E-state index is 7.43. The first kappa shape index (κ1) is 50.7. The Balaban J connectivity index is 1.31. The monoisotopic (exact) mass is 1050 g/mol. The van der Waals surface area contributed by atoms with Crippen molar-refractivity contribution in [2.45, 2.75) is 154 Å². The van der Waals surface area contributed by atoms with Crippen molar-refractivity contribution >= 4 is 37.9 Å². The zero-order valence-corrected chi connectivity index (χ0v) is 47.8. The van der Waals surface area contributed by atoms with Gasteiger partial charge in [0.1, 0.15) is 0 Å². The van der Waals surface area contributed by atoms with Crippen LogP contribution in [-0.4, -0.2) is 213 Å². The van der Waals surface area contributed by atoms with E-state index in [2.05, 4.69) is 56.0 Å². The van der Waals surface area contributed by atoms with E-state index in [1.165, 1.54) is 311 Å². The highest BCUT2D eigenvalue weighted by atomic mass is 31.3. The number of rotatable bonds is 16. The molecule has 12 heterocycles. The fraction of sp³-hybridized carbons (Fsp3) is 1.00. The van der Waals surface area contributed by atoms with Crippen molar-refractivity contribution < 1.29 is 0 Å². The molecule has 12 fully saturated rings. The van der Waals surface area contributed by atoms with Gasteiger partial charge in [-0.3, -0.25) is 0 Å². The average Bonchev–Trinajstić information content (AvgIpc) is 4.22. The van der Waals surface area contributed by atoms with Gasteiger partial charge in [0.05, 0.1) is 0 Å². The molecule has 0 aromatic heterocycles. The molecule has 12 saturated heterocycles. The van der Waals surface area contributed by atoms with Gasteiger partial charge in [-0.1, -0.05) is 0 Å². The first-order chi connectivity index (χ1) is 34.1. The van der Waals surface area contributed by atoms with Crippen LogP contribution in [0.15, 0.2) is 18.1 Å². The summed E-state index contributed by atoms with van der Waals surface area (Å²) in [5.41, 5.74) is 0. The van der Waals surface area contributed by atoms with Crippen molar-refractivity contribution in [2.24, 2.45) is 18.1 Å².